The Kier molecular flexibility index (Phi) is 4.46. The van der Waals surface area contributed by atoms with Crippen LogP contribution in [0.2, 0.25) is 0 Å². The Morgan fingerprint density at radius 3 is 2.94 bits per heavy atom. The number of piperidine rings is 1. The van der Waals surface area contributed by atoms with Crippen molar-refractivity contribution in [3.05, 3.63) is 27.7 Å². The molecule has 0 saturated carbocycles. The summed E-state index contributed by atoms with van der Waals surface area (Å²) in [4.78, 5) is 0. The molecule has 1 aliphatic heterocycles. The Bertz CT molecular complexity index is 386. The molecule has 1 aromatic rings. The van der Waals surface area contributed by atoms with Crippen LogP contribution in [0.1, 0.15) is 24.0 Å². The minimum Gasteiger partial charge on any atom is -0.496 e. The topological polar surface area (TPSA) is 21.3 Å². The molecule has 17 heavy (non-hydrogen) atoms. The summed E-state index contributed by atoms with van der Waals surface area (Å²) in [6.45, 7) is 4.50. The van der Waals surface area contributed by atoms with Gasteiger partial charge in [-0.15, -0.1) is 0 Å². The lowest BCUT2D eigenvalue weighted by Crippen LogP contribution is -2.31. The van der Waals surface area contributed by atoms with Gasteiger partial charge in [0.2, 0.25) is 0 Å². The molecule has 2 rings (SSSR count). The number of ether oxygens (including phenoxy) is 1. The van der Waals surface area contributed by atoms with E-state index in [2.05, 4.69) is 40.3 Å². The summed E-state index contributed by atoms with van der Waals surface area (Å²) < 4.78 is 6.41. The van der Waals surface area contributed by atoms with Crippen LogP contribution in [0.5, 0.6) is 5.75 Å². The van der Waals surface area contributed by atoms with Gasteiger partial charge in [-0.3, -0.25) is 0 Å². The molecule has 0 bridgehead atoms. The molecular formula is C14H20BrNO. The Balaban J connectivity index is 2.12. The molecular weight excluding hydrogens is 278 g/mol. The molecule has 0 aliphatic carbocycles. The summed E-state index contributed by atoms with van der Waals surface area (Å²) in [5.74, 6) is 1.70. The van der Waals surface area contributed by atoms with E-state index >= 15 is 0 Å². The van der Waals surface area contributed by atoms with Crippen LogP contribution in [0.25, 0.3) is 0 Å². The molecule has 1 atom stereocenters. The first kappa shape index (κ1) is 12.9. The normalized spacial score (nSPS) is 20.3. The molecule has 1 aliphatic rings. The number of nitrogens with one attached hydrogen (secondary N) is 1. The second kappa shape index (κ2) is 5.87. The molecule has 94 valence electrons. The van der Waals surface area contributed by atoms with Gasteiger partial charge in [0.05, 0.1) is 11.6 Å². The van der Waals surface area contributed by atoms with E-state index in [9.17, 15) is 0 Å². The highest BCUT2D eigenvalue weighted by Gasteiger charge is 2.16. The van der Waals surface area contributed by atoms with E-state index in [0.717, 1.165) is 22.7 Å². The van der Waals surface area contributed by atoms with E-state index in [1.54, 1.807) is 7.11 Å². The van der Waals surface area contributed by atoms with Crippen molar-refractivity contribution in [1.82, 2.24) is 5.32 Å². The van der Waals surface area contributed by atoms with Crippen LogP contribution in [0.3, 0.4) is 0 Å². The predicted molar refractivity (Wildman–Crippen MR) is 74.7 cm³/mol. The van der Waals surface area contributed by atoms with Gasteiger partial charge in [-0.25, -0.2) is 0 Å². The molecule has 0 radical (unpaired) electrons. The fourth-order valence-corrected chi connectivity index (χ4v) is 3.04. The maximum absolute atomic E-state index is 5.31. The smallest absolute Gasteiger partial charge is 0.133 e. The first-order valence-electron chi connectivity index (χ1n) is 6.25. The van der Waals surface area contributed by atoms with Gasteiger partial charge >= 0.3 is 0 Å². The lowest BCUT2D eigenvalue weighted by atomic mass is 9.90. The molecule has 2 nitrogen and oxygen atoms in total. The van der Waals surface area contributed by atoms with E-state index < -0.39 is 0 Å². The van der Waals surface area contributed by atoms with E-state index in [1.807, 2.05) is 0 Å². The number of rotatable bonds is 3. The molecule has 1 saturated heterocycles. The van der Waals surface area contributed by atoms with Crippen molar-refractivity contribution in [2.75, 3.05) is 20.2 Å². The zero-order valence-corrected chi connectivity index (χ0v) is 12.1. The first-order chi connectivity index (χ1) is 8.22. The lowest BCUT2D eigenvalue weighted by molar-refractivity contribution is 0.375. The summed E-state index contributed by atoms with van der Waals surface area (Å²) in [6, 6.07) is 4.26. The standard InChI is InChI=1S/C14H20BrNO/c1-10-12(5-6-13(17-2)14(10)15)8-11-4-3-7-16-9-11/h5-6,11,16H,3-4,7-9H2,1-2H3. The van der Waals surface area contributed by atoms with Crippen molar-refractivity contribution in [2.45, 2.75) is 26.2 Å². The third-order valence-corrected chi connectivity index (χ3v) is 4.58. The van der Waals surface area contributed by atoms with Crippen molar-refractivity contribution in [2.24, 2.45) is 5.92 Å². The van der Waals surface area contributed by atoms with Gasteiger partial charge in [0.25, 0.3) is 0 Å². The maximum Gasteiger partial charge on any atom is 0.133 e. The maximum atomic E-state index is 5.31. The Hall–Kier alpha value is -0.540. The van der Waals surface area contributed by atoms with Crippen molar-refractivity contribution in [3.63, 3.8) is 0 Å². The average molecular weight is 298 g/mol. The molecule has 1 N–H and O–H groups in total. The summed E-state index contributed by atoms with van der Waals surface area (Å²) >= 11 is 3.62. The largest absolute Gasteiger partial charge is 0.496 e. The number of hydrogen-bond acceptors (Lipinski definition) is 2. The summed E-state index contributed by atoms with van der Waals surface area (Å²) in [7, 11) is 1.71. The fourth-order valence-electron chi connectivity index (χ4n) is 2.49. The number of benzene rings is 1. The lowest BCUT2D eigenvalue weighted by Gasteiger charge is -2.23. The highest BCUT2D eigenvalue weighted by molar-refractivity contribution is 9.10. The molecule has 0 aromatic heterocycles. The Morgan fingerprint density at radius 1 is 1.47 bits per heavy atom. The minimum atomic E-state index is 0.780. The number of hydrogen-bond donors (Lipinski definition) is 1. The summed E-state index contributed by atoms with van der Waals surface area (Å²) in [5, 5.41) is 3.48. The van der Waals surface area contributed by atoms with E-state index in [1.165, 1.54) is 36.9 Å². The van der Waals surface area contributed by atoms with Gasteiger partial charge in [0.15, 0.2) is 0 Å². The van der Waals surface area contributed by atoms with Gasteiger partial charge in [-0.2, -0.15) is 0 Å². The van der Waals surface area contributed by atoms with Crippen LogP contribution in [0.15, 0.2) is 16.6 Å². The minimum absolute atomic E-state index is 0.780. The van der Waals surface area contributed by atoms with Crippen molar-refractivity contribution in [3.8, 4) is 5.75 Å². The van der Waals surface area contributed by atoms with E-state index in [4.69, 9.17) is 4.74 Å². The summed E-state index contributed by atoms with van der Waals surface area (Å²) in [5.41, 5.74) is 2.75. The van der Waals surface area contributed by atoms with Crippen LogP contribution in [0.4, 0.5) is 0 Å². The van der Waals surface area contributed by atoms with Gasteiger partial charge in [0.1, 0.15) is 5.75 Å². The third kappa shape index (κ3) is 3.02. The van der Waals surface area contributed by atoms with Gasteiger partial charge in [0, 0.05) is 0 Å². The highest BCUT2D eigenvalue weighted by Crippen LogP contribution is 2.32. The Morgan fingerprint density at radius 2 is 2.29 bits per heavy atom. The van der Waals surface area contributed by atoms with E-state index in [0.29, 0.717) is 0 Å². The van der Waals surface area contributed by atoms with Crippen molar-refractivity contribution >= 4 is 15.9 Å². The SMILES string of the molecule is COc1ccc(CC2CCCNC2)c(C)c1Br. The fraction of sp³-hybridized carbons (Fsp3) is 0.571. The van der Waals surface area contributed by atoms with Crippen molar-refractivity contribution < 1.29 is 4.74 Å². The zero-order valence-electron chi connectivity index (χ0n) is 10.6. The predicted octanol–water partition coefficient (Wildman–Crippen LogP) is 3.31. The van der Waals surface area contributed by atoms with Gasteiger partial charge in [-0.05, 0) is 78.3 Å². The average Bonchev–Trinajstić information content (AvgIpc) is 2.37. The summed E-state index contributed by atoms with van der Waals surface area (Å²) in [6.07, 6.45) is 3.82. The first-order valence-corrected chi connectivity index (χ1v) is 7.04. The van der Waals surface area contributed by atoms with E-state index in [-0.39, 0.29) is 0 Å². The van der Waals surface area contributed by atoms with Crippen LogP contribution in [-0.2, 0) is 6.42 Å². The number of methoxy groups -OCH3 is 1. The molecule has 1 heterocycles. The molecule has 1 fully saturated rings. The molecule has 0 spiro atoms. The van der Waals surface area contributed by atoms with Gasteiger partial charge in [-0.1, -0.05) is 6.07 Å². The van der Waals surface area contributed by atoms with Crippen LogP contribution in [0, 0.1) is 12.8 Å². The van der Waals surface area contributed by atoms with Crippen molar-refractivity contribution in [1.29, 1.82) is 0 Å². The molecule has 0 amide bonds. The Labute approximate surface area is 112 Å². The number of halogens is 1. The highest BCUT2D eigenvalue weighted by atomic mass is 79.9. The second-order valence-electron chi connectivity index (χ2n) is 4.78. The van der Waals surface area contributed by atoms with Gasteiger partial charge < -0.3 is 10.1 Å². The molecule has 1 aromatic carbocycles. The van der Waals surface area contributed by atoms with Crippen LogP contribution < -0.4 is 10.1 Å². The molecule has 3 heteroatoms. The monoisotopic (exact) mass is 297 g/mol. The zero-order chi connectivity index (χ0) is 12.3. The van der Waals surface area contributed by atoms with Crippen LogP contribution >= 0.6 is 15.9 Å². The molecule has 1 unspecified atom stereocenters. The third-order valence-electron chi connectivity index (χ3n) is 3.59. The second-order valence-corrected chi connectivity index (χ2v) is 5.58. The van der Waals surface area contributed by atoms with Crippen LogP contribution in [-0.4, -0.2) is 20.2 Å². The quantitative estimate of drug-likeness (QED) is 0.924.